The molecule has 26 heavy (non-hydrogen) atoms. The third-order valence-corrected chi connectivity index (χ3v) is 4.23. The zero-order valence-corrected chi connectivity index (χ0v) is 14.5. The molecule has 7 heteroatoms. The molecule has 2 aromatic rings. The lowest BCUT2D eigenvalue weighted by atomic mass is 10.1. The topological polar surface area (TPSA) is 55.6 Å². The number of carbonyl (C=O) groups excluding carboxylic acids is 1. The maximum Gasteiger partial charge on any atom is 0.276 e. The van der Waals surface area contributed by atoms with Gasteiger partial charge in [-0.25, -0.2) is 8.78 Å². The third-order valence-electron chi connectivity index (χ3n) is 4.23. The van der Waals surface area contributed by atoms with Gasteiger partial charge in [0.1, 0.15) is 6.61 Å². The fourth-order valence-corrected chi connectivity index (χ4v) is 2.86. The highest BCUT2D eigenvalue weighted by atomic mass is 19.1. The molecule has 138 valence electrons. The van der Waals surface area contributed by atoms with E-state index in [2.05, 4.69) is 12.1 Å². The van der Waals surface area contributed by atoms with Gasteiger partial charge in [-0.3, -0.25) is 4.79 Å². The lowest BCUT2D eigenvalue weighted by molar-refractivity contribution is 0.0732. The van der Waals surface area contributed by atoms with Crippen LogP contribution in [-0.2, 0) is 6.61 Å². The van der Waals surface area contributed by atoms with Gasteiger partial charge in [0.15, 0.2) is 28.8 Å². The number of amides is 1. The van der Waals surface area contributed by atoms with Crippen LogP contribution in [0.25, 0.3) is 0 Å². The lowest BCUT2D eigenvalue weighted by Gasteiger charge is -2.23. The second kappa shape index (κ2) is 8.12. The molecule has 0 spiro atoms. The van der Waals surface area contributed by atoms with Gasteiger partial charge >= 0.3 is 0 Å². The summed E-state index contributed by atoms with van der Waals surface area (Å²) in [5, 5.41) is 3.77. The number of nitrogens with zero attached hydrogens (tertiary/aromatic N) is 2. The smallest absolute Gasteiger partial charge is 0.276 e. The quantitative estimate of drug-likeness (QED) is 0.696. The van der Waals surface area contributed by atoms with Crippen molar-refractivity contribution in [3.8, 4) is 5.75 Å². The lowest BCUT2D eigenvalue weighted by Crippen LogP contribution is -2.36. The molecule has 0 saturated heterocycles. The van der Waals surface area contributed by atoms with Crippen LogP contribution in [-0.4, -0.2) is 28.6 Å². The van der Waals surface area contributed by atoms with Crippen LogP contribution in [0.4, 0.5) is 8.78 Å². The van der Waals surface area contributed by atoms with Crippen LogP contribution >= 0.6 is 0 Å². The predicted octanol–water partition coefficient (Wildman–Crippen LogP) is 4.10. The molecule has 0 saturated carbocycles. The molecule has 3 rings (SSSR count). The number of hydrogen-bond acceptors (Lipinski definition) is 4. The van der Waals surface area contributed by atoms with E-state index in [0.29, 0.717) is 6.54 Å². The van der Waals surface area contributed by atoms with Gasteiger partial charge in [-0.1, -0.05) is 43.1 Å². The van der Waals surface area contributed by atoms with Crippen molar-refractivity contribution in [3.05, 3.63) is 59.5 Å². The van der Waals surface area contributed by atoms with Crippen molar-refractivity contribution in [3.63, 3.8) is 0 Å². The number of ether oxygens (including phenoxy) is 1. The predicted molar refractivity (Wildman–Crippen MR) is 90.7 cm³/mol. The Labute approximate surface area is 150 Å². The first kappa shape index (κ1) is 18.1. The minimum absolute atomic E-state index is 0.0614. The maximum absolute atomic E-state index is 13.6. The molecule has 1 aromatic heterocycles. The number of unbranched alkanes of at least 4 members (excludes halogenated alkanes) is 1. The molecule has 0 aliphatic carbocycles. The molecular formula is C19H20F2N2O3. The van der Waals surface area contributed by atoms with Crippen LogP contribution in [0.2, 0.25) is 0 Å². The van der Waals surface area contributed by atoms with E-state index in [1.807, 2.05) is 12.2 Å². The highest BCUT2D eigenvalue weighted by Crippen LogP contribution is 2.23. The molecule has 0 radical (unpaired) electrons. The zero-order chi connectivity index (χ0) is 18.5. The van der Waals surface area contributed by atoms with Crippen LogP contribution in [0.1, 0.15) is 42.4 Å². The highest BCUT2D eigenvalue weighted by Gasteiger charge is 2.27. The molecule has 0 N–H and O–H groups in total. The summed E-state index contributed by atoms with van der Waals surface area (Å²) < 4.78 is 37.3. The summed E-state index contributed by atoms with van der Waals surface area (Å²) >= 11 is 0. The monoisotopic (exact) mass is 362 g/mol. The first-order valence-electron chi connectivity index (χ1n) is 8.60. The second-order valence-corrected chi connectivity index (χ2v) is 6.11. The van der Waals surface area contributed by atoms with Crippen LogP contribution in [0.15, 0.2) is 40.9 Å². The normalized spacial score (nSPS) is 16.3. The Hall–Kier alpha value is -2.70. The number of benzene rings is 1. The summed E-state index contributed by atoms with van der Waals surface area (Å²) in [6, 6.07) is 4.96. The van der Waals surface area contributed by atoms with E-state index < -0.39 is 17.4 Å². The van der Waals surface area contributed by atoms with E-state index in [1.165, 1.54) is 12.1 Å². The van der Waals surface area contributed by atoms with Crippen LogP contribution in [0.5, 0.6) is 5.75 Å². The Bertz CT molecular complexity index is 784. The Morgan fingerprint density at radius 1 is 1.38 bits per heavy atom. The van der Waals surface area contributed by atoms with E-state index in [1.54, 1.807) is 4.90 Å². The molecule has 0 unspecified atom stereocenters. The van der Waals surface area contributed by atoms with Crippen LogP contribution in [0.3, 0.4) is 0 Å². The van der Waals surface area contributed by atoms with Crippen LogP contribution < -0.4 is 4.74 Å². The Kier molecular flexibility index (Phi) is 5.65. The molecule has 1 aliphatic heterocycles. The van der Waals surface area contributed by atoms with Gasteiger partial charge in [0.05, 0.1) is 6.04 Å². The maximum atomic E-state index is 13.6. The Morgan fingerprint density at radius 2 is 2.15 bits per heavy atom. The van der Waals surface area contributed by atoms with E-state index in [0.717, 1.165) is 31.4 Å². The summed E-state index contributed by atoms with van der Waals surface area (Å²) in [6.45, 7) is 2.41. The number of rotatable bonds is 7. The molecule has 1 aromatic carbocycles. The Balaban J connectivity index is 1.63. The largest absolute Gasteiger partial charge is 0.479 e. The first-order chi connectivity index (χ1) is 12.6. The summed E-state index contributed by atoms with van der Waals surface area (Å²) in [5.74, 6) is -2.11. The van der Waals surface area contributed by atoms with Crippen molar-refractivity contribution in [2.45, 2.75) is 38.8 Å². The SMILES string of the molecule is CCCC[C@@H]1C=CCN1C(=O)c1cc(COc2c(F)cccc2F)on1. The fourth-order valence-electron chi connectivity index (χ4n) is 2.86. The van der Waals surface area contributed by atoms with Gasteiger partial charge in [-0.15, -0.1) is 0 Å². The number of halogens is 2. The van der Waals surface area contributed by atoms with E-state index in [9.17, 15) is 13.6 Å². The van der Waals surface area contributed by atoms with Gasteiger partial charge in [-0.2, -0.15) is 0 Å². The van der Waals surface area contributed by atoms with Crippen molar-refractivity contribution in [1.82, 2.24) is 10.1 Å². The number of para-hydroxylation sites is 1. The molecular weight excluding hydrogens is 342 g/mol. The molecule has 0 fully saturated rings. The average Bonchev–Trinajstić information content (AvgIpc) is 3.28. The fraction of sp³-hybridized carbons (Fsp3) is 0.368. The van der Waals surface area contributed by atoms with Gasteiger partial charge < -0.3 is 14.2 Å². The van der Waals surface area contributed by atoms with Gasteiger partial charge in [0, 0.05) is 12.6 Å². The summed E-state index contributed by atoms with van der Waals surface area (Å²) in [6.07, 6.45) is 6.98. The standard InChI is InChI=1S/C19H20F2N2O3/c1-2-3-6-13-7-5-10-23(13)19(24)17-11-14(26-22-17)12-25-18-15(20)8-4-9-16(18)21/h4-5,7-9,11,13H,2-3,6,10,12H2,1H3/t13-/m1/s1. The average molecular weight is 362 g/mol. The summed E-state index contributed by atoms with van der Waals surface area (Å²) in [5.41, 5.74) is 0.155. The van der Waals surface area contributed by atoms with Gasteiger partial charge in [0.25, 0.3) is 5.91 Å². The zero-order valence-electron chi connectivity index (χ0n) is 14.5. The number of hydrogen-bond donors (Lipinski definition) is 0. The molecule has 1 atom stereocenters. The van der Waals surface area contributed by atoms with E-state index >= 15 is 0 Å². The van der Waals surface area contributed by atoms with E-state index in [-0.39, 0.29) is 30.0 Å². The van der Waals surface area contributed by atoms with Gasteiger partial charge in [-0.05, 0) is 18.6 Å². The Morgan fingerprint density at radius 3 is 2.88 bits per heavy atom. The van der Waals surface area contributed by atoms with Crippen molar-refractivity contribution in [2.75, 3.05) is 6.54 Å². The van der Waals surface area contributed by atoms with Gasteiger partial charge in [0.2, 0.25) is 0 Å². The summed E-state index contributed by atoms with van der Waals surface area (Å²) in [7, 11) is 0. The highest BCUT2D eigenvalue weighted by molar-refractivity contribution is 5.93. The molecule has 1 aliphatic rings. The number of aromatic nitrogens is 1. The van der Waals surface area contributed by atoms with Crippen molar-refractivity contribution in [2.24, 2.45) is 0 Å². The summed E-state index contributed by atoms with van der Waals surface area (Å²) in [4.78, 5) is 14.3. The number of carbonyl (C=O) groups is 1. The first-order valence-corrected chi connectivity index (χ1v) is 8.60. The van der Waals surface area contributed by atoms with Crippen molar-refractivity contribution in [1.29, 1.82) is 0 Å². The van der Waals surface area contributed by atoms with Crippen LogP contribution in [0, 0.1) is 11.6 Å². The van der Waals surface area contributed by atoms with Crippen molar-refractivity contribution < 1.29 is 22.8 Å². The second-order valence-electron chi connectivity index (χ2n) is 6.11. The minimum atomic E-state index is -0.803. The van der Waals surface area contributed by atoms with E-state index in [4.69, 9.17) is 9.26 Å². The minimum Gasteiger partial charge on any atom is -0.479 e. The third kappa shape index (κ3) is 3.92. The molecule has 0 bridgehead atoms. The molecule has 5 nitrogen and oxygen atoms in total. The van der Waals surface area contributed by atoms with Crippen molar-refractivity contribution >= 4 is 5.91 Å². The molecule has 2 heterocycles. The molecule has 1 amide bonds.